The van der Waals surface area contributed by atoms with Crippen molar-refractivity contribution in [1.29, 1.82) is 0 Å². The Morgan fingerprint density at radius 2 is 1.81 bits per heavy atom. The molecule has 0 saturated carbocycles. The lowest BCUT2D eigenvalue weighted by molar-refractivity contribution is 0.0789. The van der Waals surface area contributed by atoms with Crippen LogP contribution in [0.4, 0.5) is 0 Å². The molecule has 1 N–H and O–H groups in total. The van der Waals surface area contributed by atoms with Crippen molar-refractivity contribution in [2.24, 2.45) is 0 Å². The van der Waals surface area contributed by atoms with Crippen molar-refractivity contribution < 1.29 is 19.0 Å². The van der Waals surface area contributed by atoms with Gasteiger partial charge in [-0.1, -0.05) is 0 Å². The van der Waals surface area contributed by atoms with E-state index in [1.165, 1.54) is 0 Å². The summed E-state index contributed by atoms with van der Waals surface area (Å²) in [5.74, 6) is 1.45. The second-order valence-corrected chi connectivity index (χ2v) is 4.94. The van der Waals surface area contributed by atoms with E-state index in [4.69, 9.17) is 14.2 Å². The summed E-state index contributed by atoms with van der Waals surface area (Å²) in [5, 5.41) is 3.20. The Labute approximate surface area is 125 Å². The minimum atomic E-state index is -0.0213. The molecule has 1 aromatic rings. The second-order valence-electron chi connectivity index (χ2n) is 4.94. The fourth-order valence-electron chi connectivity index (χ4n) is 2.57. The molecule has 1 aliphatic heterocycles. The quantitative estimate of drug-likeness (QED) is 0.882. The van der Waals surface area contributed by atoms with Crippen LogP contribution in [0.15, 0.2) is 12.1 Å². The third kappa shape index (κ3) is 3.05. The maximum absolute atomic E-state index is 12.6. The topological polar surface area (TPSA) is 60.0 Å². The normalized spacial score (nSPS) is 17.7. The highest BCUT2D eigenvalue weighted by Crippen LogP contribution is 2.38. The number of rotatable bonds is 5. The number of methoxy groups -OCH3 is 3. The lowest BCUT2D eigenvalue weighted by atomic mass is 10.1. The van der Waals surface area contributed by atoms with Gasteiger partial charge < -0.3 is 24.4 Å². The Hall–Kier alpha value is -1.95. The minimum Gasteiger partial charge on any atom is -0.493 e. The lowest BCUT2D eigenvalue weighted by Gasteiger charge is -2.19. The molecule has 1 heterocycles. The molecule has 116 valence electrons. The van der Waals surface area contributed by atoms with Crippen LogP contribution in [0.3, 0.4) is 0 Å². The van der Waals surface area contributed by atoms with E-state index in [0.717, 1.165) is 13.0 Å². The number of hydrogen-bond donors (Lipinski definition) is 1. The fourth-order valence-corrected chi connectivity index (χ4v) is 2.57. The van der Waals surface area contributed by atoms with Crippen LogP contribution in [0.2, 0.25) is 0 Å². The van der Waals surface area contributed by atoms with E-state index >= 15 is 0 Å². The lowest BCUT2D eigenvalue weighted by Crippen LogP contribution is -2.33. The summed E-state index contributed by atoms with van der Waals surface area (Å²) in [6.07, 6.45) is 0.965. The van der Waals surface area contributed by atoms with Gasteiger partial charge in [-0.2, -0.15) is 0 Å². The van der Waals surface area contributed by atoms with E-state index in [1.54, 1.807) is 33.5 Å². The van der Waals surface area contributed by atoms with Crippen LogP contribution in [0, 0.1) is 0 Å². The first kappa shape index (κ1) is 15.4. The predicted octanol–water partition coefficient (Wildman–Crippen LogP) is 1.15. The highest BCUT2D eigenvalue weighted by Gasteiger charge is 2.27. The molecule has 6 heteroatoms. The molecule has 1 saturated heterocycles. The van der Waals surface area contributed by atoms with Gasteiger partial charge in [0.05, 0.1) is 21.3 Å². The van der Waals surface area contributed by atoms with Crippen LogP contribution in [0.1, 0.15) is 16.8 Å². The van der Waals surface area contributed by atoms with Crippen molar-refractivity contribution >= 4 is 5.91 Å². The zero-order valence-corrected chi connectivity index (χ0v) is 12.9. The number of likely N-dealkylation sites (tertiary alicyclic amines) is 1. The van der Waals surface area contributed by atoms with Crippen molar-refractivity contribution in [1.82, 2.24) is 10.2 Å². The standard InChI is InChI=1S/C15H22N2O4/c1-16-11-5-6-17(9-11)15(18)10-7-12(19-2)14(21-4)13(8-10)20-3/h7-8,11,16H,5-6,9H2,1-4H3. The summed E-state index contributed by atoms with van der Waals surface area (Å²) in [6, 6.07) is 3.74. The number of amides is 1. The summed E-state index contributed by atoms with van der Waals surface area (Å²) in [4.78, 5) is 14.4. The Kier molecular flexibility index (Phi) is 4.90. The molecule has 0 aromatic heterocycles. The zero-order valence-electron chi connectivity index (χ0n) is 12.9. The monoisotopic (exact) mass is 294 g/mol. The number of likely N-dealkylation sites (N-methyl/N-ethyl adjacent to an activating group) is 1. The van der Waals surface area contributed by atoms with E-state index in [0.29, 0.717) is 35.4 Å². The van der Waals surface area contributed by atoms with Crippen LogP contribution in [0.25, 0.3) is 0 Å². The molecule has 1 atom stereocenters. The number of ether oxygens (including phenoxy) is 3. The van der Waals surface area contributed by atoms with Gasteiger partial charge in [0.15, 0.2) is 11.5 Å². The average molecular weight is 294 g/mol. The van der Waals surface area contributed by atoms with E-state index in [2.05, 4.69) is 5.32 Å². The smallest absolute Gasteiger partial charge is 0.254 e. The highest BCUT2D eigenvalue weighted by atomic mass is 16.5. The van der Waals surface area contributed by atoms with Crippen LogP contribution in [-0.4, -0.2) is 58.3 Å². The number of carbonyl (C=O) groups excluding carboxylic acids is 1. The van der Waals surface area contributed by atoms with Crippen LogP contribution in [0.5, 0.6) is 17.2 Å². The molecule has 21 heavy (non-hydrogen) atoms. The summed E-state index contributed by atoms with van der Waals surface area (Å²) in [5.41, 5.74) is 0.543. The molecular weight excluding hydrogens is 272 g/mol. The van der Waals surface area contributed by atoms with E-state index in [-0.39, 0.29) is 5.91 Å². The van der Waals surface area contributed by atoms with Gasteiger partial charge in [0.25, 0.3) is 5.91 Å². The van der Waals surface area contributed by atoms with Gasteiger partial charge >= 0.3 is 0 Å². The molecular formula is C15H22N2O4. The van der Waals surface area contributed by atoms with Crippen LogP contribution < -0.4 is 19.5 Å². The summed E-state index contributed by atoms with van der Waals surface area (Å²) in [7, 11) is 6.54. The SMILES string of the molecule is CNC1CCN(C(=O)c2cc(OC)c(OC)c(OC)c2)C1. The first-order valence-corrected chi connectivity index (χ1v) is 6.91. The van der Waals surface area contributed by atoms with Gasteiger partial charge in [0.2, 0.25) is 5.75 Å². The van der Waals surface area contributed by atoms with Crippen molar-refractivity contribution in [2.45, 2.75) is 12.5 Å². The second kappa shape index (κ2) is 6.67. The number of nitrogens with zero attached hydrogens (tertiary/aromatic N) is 1. The van der Waals surface area contributed by atoms with Crippen LogP contribution >= 0.6 is 0 Å². The van der Waals surface area contributed by atoms with Gasteiger partial charge in [-0.05, 0) is 25.6 Å². The maximum atomic E-state index is 12.6. The number of hydrogen-bond acceptors (Lipinski definition) is 5. The van der Waals surface area contributed by atoms with E-state index in [1.807, 2.05) is 11.9 Å². The Morgan fingerprint density at radius 3 is 2.24 bits per heavy atom. The summed E-state index contributed by atoms with van der Waals surface area (Å²) in [6.45, 7) is 1.47. The molecule has 0 aliphatic carbocycles. The van der Waals surface area contributed by atoms with Crippen LogP contribution in [-0.2, 0) is 0 Å². The molecule has 2 rings (SSSR count). The molecule has 1 aliphatic rings. The number of nitrogens with one attached hydrogen (secondary N) is 1. The van der Waals surface area contributed by atoms with Gasteiger partial charge in [-0.25, -0.2) is 0 Å². The molecule has 1 aromatic carbocycles. The summed E-state index contributed by atoms with van der Waals surface area (Å²) >= 11 is 0. The Bertz CT molecular complexity index is 493. The summed E-state index contributed by atoms with van der Waals surface area (Å²) < 4.78 is 15.8. The van der Waals surface area contributed by atoms with E-state index in [9.17, 15) is 4.79 Å². The first-order valence-electron chi connectivity index (χ1n) is 6.91. The van der Waals surface area contributed by atoms with Gasteiger partial charge in [0.1, 0.15) is 0 Å². The molecule has 1 unspecified atom stereocenters. The van der Waals surface area contributed by atoms with Crippen molar-refractivity contribution in [3.05, 3.63) is 17.7 Å². The predicted molar refractivity (Wildman–Crippen MR) is 79.5 cm³/mol. The Morgan fingerprint density at radius 1 is 1.19 bits per heavy atom. The molecule has 6 nitrogen and oxygen atoms in total. The third-order valence-corrected chi connectivity index (χ3v) is 3.80. The van der Waals surface area contributed by atoms with Gasteiger partial charge in [-0.3, -0.25) is 4.79 Å². The average Bonchev–Trinajstić information content (AvgIpc) is 3.01. The number of carbonyl (C=O) groups is 1. The molecule has 0 radical (unpaired) electrons. The largest absolute Gasteiger partial charge is 0.493 e. The van der Waals surface area contributed by atoms with Gasteiger partial charge in [0, 0.05) is 24.7 Å². The molecule has 1 amide bonds. The molecule has 1 fully saturated rings. The maximum Gasteiger partial charge on any atom is 0.254 e. The zero-order chi connectivity index (χ0) is 15.4. The number of benzene rings is 1. The molecule has 0 bridgehead atoms. The van der Waals surface area contributed by atoms with Gasteiger partial charge in [-0.15, -0.1) is 0 Å². The highest BCUT2D eigenvalue weighted by molar-refractivity contribution is 5.95. The van der Waals surface area contributed by atoms with Crippen molar-refractivity contribution in [3.8, 4) is 17.2 Å². The minimum absolute atomic E-state index is 0.0213. The fraction of sp³-hybridized carbons (Fsp3) is 0.533. The Balaban J connectivity index is 2.29. The van der Waals surface area contributed by atoms with Crippen molar-refractivity contribution in [2.75, 3.05) is 41.5 Å². The molecule has 0 spiro atoms. The first-order chi connectivity index (χ1) is 10.1. The van der Waals surface area contributed by atoms with Crippen molar-refractivity contribution in [3.63, 3.8) is 0 Å². The third-order valence-electron chi connectivity index (χ3n) is 3.80. The van der Waals surface area contributed by atoms with E-state index < -0.39 is 0 Å².